The summed E-state index contributed by atoms with van der Waals surface area (Å²) in [7, 11) is 1.50. The Bertz CT molecular complexity index is 593. The highest BCUT2D eigenvalue weighted by Crippen LogP contribution is 2.30. The normalized spacial score (nSPS) is 10.0. The Morgan fingerprint density at radius 3 is 2.32 bits per heavy atom. The van der Waals surface area contributed by atoms with Gasteiger partial charge in [-0.05, 0) is 36.4 Å². The van der Waals surface area contributed by atoms with E-state index in [4.69, 9.17) is 26.2 Å². The van der Waals surface area contributed by atoms with Gasteiger partial charge in [0.2, 0.25) is 0 Å². The Kier molecular flexibility index (Phi) is 3.92. The molecule has 0 aliphatic carbocycles. The predicted molar refractivity (Wildman–Crippen MR) is 71.5 cm³/mol. The molecule has 0 spiro atoms. The minimum absolute atomic E-state index is 0.0655. The lowest BCUT2D eigenvalue weighted by molar-refractivity contribution is 0.0694. The van der Waals surface area contributed by atoms with Gasteiger partial charge < -0.3 is 14.6 Å². The van der Waals surface area contributed by atoms with Crippen molar-refractivity contribution < 1.29 is 19.4 Å². The van der Waals surface area contributed by atoms with Crippen LogP contribution >= 0.6 is 11.6 Å². The summed E-state index contributed by atoms with van der Waals surface area (Å²) in [5, 5.41) is 9.69. The molecule has 0 bridgehead atoms. The lowest BCUT2D eigenvalue weighted by Gasteiger charge is -2.10. The molecule has 4 nitrogen and oxygen atoms in total. The summed E-state index contributed by atoms with van der Waals surface area (Å²) in [4.78, 5) is 11.1. The van der Waals surface area contributed by atoms with Crippen LogP contribution in [0.1, 0.15) is 10.4 Å². The molecule has 0 radical (unpaired) electrons. The van der Waals surface area contributed by atoms with E-state index in [9.17, 15) is 4.79 Å². The highest BCUT2D eigenvalue weighted by Gasteiger charge is 2.13. The zero-order valence-electron chi connectivity index (χ0n) is 10.1. The van der Waals surface area contributed by atoms with Crippen molar-refractivity contribution in [2.75, 3.05) is 7.11 Å². The number of aromatic carboxylic acids is 1. The van der Waals surface area contributed by atoms with Gasteiger partial charge in [-0.25, -0.2) is 4.79 Å². The Hall–Kier alpha value is -2.20. The minimum Gasteiger partial charge on any atom is -0.497 e. The van der Waals surface area contributed by atoms with Gasteiger partial charge in [0.25, 0.3) is 0 Å². The predicted octanol–water partition coefficient (Wildman–Crippen LogP) is 3.84. The first-order valence-electron chi connectivity index (χ1n) is 5.45. The van der Waals surface area contributed by atoms with Crippen molar-refractivity contribution in [2.24, 2.45) is 0 Å². The van der Waals surface area contributed by atoms with Crippen LogP contribution in [0, 0.1) is 0 Å². The summed E-state index contributed by atoms with van der Waals surface area (Å²) < 4.78 is 10.6. The van der Waals surface area contributed by atoms with Gasteiger partial charge in [0, 0.05) is 11.1 Å². The lowest BCUT2D eigenvalue weighted by Crippen LogP contribution is -2.00. The van der Waals surface area contributed by atoms with E-state index in [0.29, 0.717) is 16.5 Å². The first kappa shape index (κ1) is 13.2. The van der Waals surface area contributed by atoms with Gasteiger partial charge in [-0.3, -0.25) is 0 Å². The van der Waals surface area contributed by atoms with Crippen molar-refractivity contribution in [3.8, 4) is 17.2 Å². The minimum atomic E-state index is -1.06. The Morgan fingerprint density at radius 1 is 1.11 bits per heavy atom. The Labute approximate surface area is 115 Å². The Balaban J connectivity index is 2.36. The number of carbonyl (C=O) groups is 1. The monoisotopic (exact) mass is 278 g/mol. The van der Waals surface area contributed by atoms with E-state index >= 15 is 0 Å². The molecular formula is C14H11ClO4. The number of benzene rings is 2. The molecule has 0 amide bonds. The van der Waals surface area contributed by atoms with Crippen LogP contribution < -0.4 is 9.47 Å². The number of methoxy groups -OCH3 is 1. The molecule has 0 saturated heterocycles. The third kappa shape index (κ3) is 3.17. The van der Waals surface area contributed by atoms with E-state index in [1.807, 2.05) is 0 Å². The number of carboxylic acid groups (broad SMARTS) is 1. The van der Waals surface area contributed by atoms with Crippen molar-refractivity contribution in [1.82, 2.24) is 0 Å². The quantitative estimate of drug-likeness (QED) is 0.923. The molecular weight excluding hydrogens is 268 g/mol. The summed E-state index contributed by atoms with van der Waals surface area (Å²) >= 11 is 5.77. The van der Waals surface area contributed by atoms with E-state index in [0.717, 1.165) is 0 Å². The second-order valence-electron chi connectivity index (χ2n) is 3.72. The van der Waals surface area contributed by atoms with Crippen molar-refractivity contribution in [1.29, 1.82) is 0 Å². The zero-order chi connectivity index (χ0) is 13.8. The van der Waals surface area contributed by atoms with Crippen LogP contribution in [0.15, 0.2) is 42.5 Å². The maximum absolute atomic E-state index is 11.1. The summed E-state index contributed by atoms with van der Waals surface area (Å²) in [6.45, 7) is 0. The fourth-order valence-electron chi connectivity index (χ4n) is 1.52. The van der Waals surface area contributed by atoms with E-state index in [2.05, 4.69) is 0 Å². The second-order valence-corrected chi connectivity index (χ2v) is 4.16. The number of rotatable bonds is 4. The molecule has 0 heterocycles. The lowest BCUT2D eigenvalue weighted by atomic mass is 10.2. The smallest absolute Gasteiger partial charge is 0.339 e. The molecule has 0 aliphatic rings. The summed E-state index contributed by atoms with van der Waals surface area (Å²) in [6, 6.07) is 11.2. The first-order chi connectivity index (χ1) is 9.10. The number of hydrogen-bond donors (Lipinski definition) is 1. The van der Waals surface area contributed by atoms with E-state index < -0.39 is 5.97 Å². The van der Waals surface area contributed by atoms with Crippen LogP contribution in [0.4, 0.5) is 0 Å². The summed E-state index contributed by atoms with van der Waals surface area (Å²) in [6.07, 6.45) is 0. The molecule has 0 aromatic heterocycles. The average molecular weight is 279 g/mol. The van der Waals surface area contributed by atoms with Crippen LogP contribution in [-0.2, 0) is 0 Å². The van der Waals surface area contributed by atoms with E-state index in [-0.39, 0.29) is 11.3 Å². The van der Waals surface area contributed by atoms with Gasteiger partial charge in [-0.15, -0.1) is 0 Å². The molecule has 0 fully saturated rings. The molecule has 98 valence electrons. The molecule has 2 aromatic rings. The maximum atomic E-state index is 11.1. The average Bonchev–Trinajstić information content (AvgIpc) is 2.41. The summed E-state index contributed by atoms with van der Waals surface area (Å²) in [5.41, 5.74) is 0.0655. The van der Waals surface area contributed by atoms with Crippen LogP contribution in [0.5, 0.6) is 17.2 Å². The van der Waals surface area contributed by atoms with Gasteiger partial charge in [0.15, 0.2) is 0 Å². The van der Waals surface area contributed by atoms with Crippen LogP contribution in [0.25, 0.3) is 0 Å². The standard InChI is InChI=1S/C14H11ClO4/c1-18-11-6-7-12(14(16)17)13(8-11)19-10-4-2-9(15)3-5-10/h2-8H,1H3,(H,16,17). The maximum Gasteiger partial charge on any atom is 0.339 e. The molecule has 0 unspecified atom stereocenters. The topological polar surface area (TPSA) is 55.8 Å². The van der Waals surface area contributed by atoms with Gasteiger partial charge in [0.1, 0.15) is 22.8 Å². The highest BCUT2D eigenvalue weighted by molar-refractivity contribution is 6.30. The number of carboxylic acids is 1. The number of halogens is 1. The van der Waals surface area contributed by atoms with Crippen molar-refractivity contribution in [2.45, 2.75) is 0 Å². The highest BCUT2D eigenvalue weighted by atomic mass is 35.5. The van der Waals surface area contributed by atoms with Gasteiger partial charge in [-0.1, -0.05) is 11.6 Å². The van der Waals surface area contributed by atoms with Crippen LogP contribution in [-0.4, -0.2) is 18.2 Å². The molecule has 0 saturated carbocycles. The third-order valence-corrected chi connectivity index (χ3v) is 2.71. The zero-order valence-corrected chi connectivity index (χ0v) is 10.8. The number of hydrogen-bond acceptors (Lipinski definition) is 3. The molecule has 19 heavy (non-hydrogen) atoms. The third-order valence-electron chi connectivity index (χ3n) is 2.46. The van der Waals surface area contributed by atoms with E-state index in [1.54, 1.807) is 30.3 Å². The van der Waals surface area contributed by atoms with Gasteiger partial charge in [0.05, 0.1) is 7.11 Å². The van der Waals surface area contributed by atoms with Crippen molar-refractivity contribution in [3.05, 3.63) is 53.1 Å². The first-order valence-corrected chi connectivity index (χ1v) is 5.82. The molecule has 1 N–H and O–H groups in total. The summed E-state index contributed by atoms with van der Waals surface area (Å²) in [5.74, 6) is 0.176. The molecule has 2 rings (SSSR count). The fraction of sp³-hybridized carbons (Fsp3) is 0.0714. The van der Waals surface area contributed by atoms with Crippen molar-refractivity contribution >= 4 is 17.6 Å². The fourth-order valence-corrected chi connectivity index (χ4v) is 1.65. The molecule has 5 heteroatoms. The second kappa shape index (κ2) is 5.63. The van der Waals surface area contributed by atoms with Crippen LogP contribution in [0.2, 0.25) is 5.02 Å². The van der Waals surface area contributed by atoms with E-state index in [1.165, 1.54) is 19.2 Å². The molecule has 0 aliphatic heterocycles. The largest absolute Gasteiger partial charge is 0.497 e. The van der Waals surface area contributed by atoms with Gasteiger partial charge >= 0.3 is 5.97 Å². The molecule has 0 atom stereocenters. The SMILES string of the molecule is COc1ccc(C(=O)O)c(Oc2ccc(Cl)cc2)c1. The van der Waals surface area contributed by atoms with Crippen molar-refractivity contribution in [3.63, 3.8) is 0 Å². The Morgan fingerprint density at radius 2 is 1.74 bits per heavy atom. The van der Waals surface area contributed by atoms with Gasteiger partial charge in [-0.2, -0.15) is 0 Å². The van der Waals surface area contributed by atoms with Crippen LogP contribution in [0.3, 0.4) is 0 Å². The number of ether oxygens (including phenoxy) is 2. The molecule has 2 aromatic carbocycles.